The molecule has 1 heterocycles. The molecule has 2 aromatic carbocycles. The Labute approximate surface area is 114 Å². The van der Waals surface area contributed by atoms with Gasteiger partial charge in [0.1, 0.15) is 0 Å². The Hall–Kier alpha value is -0.565. The van der Waals surface area contributed by atoms with Gasteiger partial charge in [0.05, 0.1) is 0 Å². The van der Waals surface area contributed by atoms with E-state index in [1.807, 2.05) is 0 Å². The van der Waals surface area contributed by atoms with Crippen molar-refractivity contribution in [2.75, 3.05) is 0 Å². The fourth-order valence-corrected chi connectivity index (χ4v) is 2.30. The summed E-state index contributed by atoms with van der Waals surface area (Å²) in [5.41, 5.74) is 2.58. The molecule has 0 N–H and O–H groups in total. The number of hydrogen-bond donors (Lipinski definition) is 0. The third-order valence-electron chi connectivity index (χ3n) is 3.17. The van der Waals surface area contributed by atoms with Crippen LogP contribution in [0.25, 0.3) is 0 Å². The van der Waals surface area contributed by atoms with Crippen LogP contribution in [0.15, 0.2) is 36.4 Å². The minimum atomic E-state index is 0.980. The van der Waals surface area contributed by atoms with Gasteiger partial charge in [-0.15, -0.1) is 0 Å². The molecule has 2 aromatic rings. The second-order valence-corrected chi connectivity index (χ2v) is 4.41. The zero-order valence-corrected chi connectivity index (χ0v) is 9.58. The van der Waals surface area contributed by atoms with Gasteiger partial charge in [-0.05, 0) is 0 Å². The maximum atomic E-state index is 6.04. The molecule has 1 aliphatic heterocycles. The molecular weight excluding hydrogens is 186 g/mol. The predicted octanol–water partition coefficient (Wildman–Crippen LogP) is 0.971. The molecule has 0 aliphatic carbocycles. The summed E-state index contributed by atoms with van der Waals surface area (Å²) in [5.74, 6) is 2.09. The summed E-state index contributed by atoms with van der Waals surface area (Å²) >= 11 is 4.20. The number of para-hydroxylation sites is 2. The second kappa shape index (κ2) is 4.03. The van der Waals surface area contributed by atoms with Crippen LogP contribution < -0.4 is 13.2 Å². The van der Waals surface area contributed by atoms with Crippen LogP contribution >= 0.6 is 0 Å². The SMILES string of the molecule is [Li][c]1cccc2c1Oc1[c]([Li])cccc1C2. The molecule has 16 heavy (non-hydrogen) atoms. The molecule has 1 aliphatic rings. The van der Waals surface area contributed by atoms with Gasteiger partial charge in [0, 0.05) is 0 Å². The van der Waals surface area contributed by atoms with Crippen LogP contribution in [0.2, 0.25) is 0 Å². The van der Waals surface area contributed by atoms with Crippen LogP contribution in [0.3, 0.4) is 0 Å². The Morgan fingerprint density at radius 1 is 0.812 bits per heavy atom. The third kappa shape index (κ3) is 1.65. The molecule has 1 nitrogen and oxygen atoms in total. The molecule has 0 atom stereocenters. The molecule has 0 unspecified atom stereocenters. The quantitative estimate of drug-likeness (QED) is 0.484. The number of hydrogen-bond acceptors (Lipinski definition) is 1. The Bertz CT molecular complexity index is 514. The van der Waals surface area contributed by atoms with Crippen molar-refractivity contribution in [1.29, 1.82) is 0 Å². The second-order valence-electron chi connectivity index (χ2n) is 4.41. The average molecular weight is 194 g/mol. The molecule has 0 aromatic heterocycles. The van der Waals surface area contributed by atoms with E-state index in [0.29, 0.717) is 0 Å². The van der Waals surface area contributed by atoms with Crippen molar-refractivity contribution >= 4 is 43.9 Å². The molecule has 0 spiro atoms. The van der Waals surface area contributed by atoms with E-state index in [9.17, 15) is 0 Å². The molecular formula is C13H8Li2O. The molecule has 0 bridgehead atoms. The summed E-state index contributed by atoms with van der Waals surface area (Å²) < 4.78 is 8.47. The summed E-state index contributed by atoms with van der Waals surface area (Å²) in [5, 5.41) is 0. The Balaban J connectivity index is 2.17. The molecule has 68 valence electrons. The van der Waals surface area contributed by atoms with Gasteiger partial charge in [0.2, 0.25) is 0 Å². The van der Waals surface area contributed by atoms with Gasteiger partial charge in [0.25, 0.3) is 0 Å². The van der Waals surface area contributed by atoms with Gasteiger partial charge < -0.3 is 0 Å². The molecule has 0 fully saturated rings. The molecule has 0 radical (unpaired) electrons. The first kappa shape index (κ1) is 10.6. The van der Waals surface area contributed by atoms with E-state index in [0.717, 1.165) is 17.9 Å². The monoisotopic (exact) mass is 194 g/mol. The van der Waals surface area contributed by atoms with Crippen LogP contribution in [-0.4, -0.2) is 35.4 Å². The molecule has 0 amide bonds. The topological polar surface area (TPSA) is 9.23 Å². The van der Waals surface area contributed by atoms with Crippen molar-refractivity contribution in [2.24, 2.45) is 0 Å². The van der Waals surface area contributed by atoms with Gasteiger partial charge in [-0.3, -0.25) is 0 Å². The number of ether oxygens (including phenoxy) is 1. The predicted molar refractivity (Wildman–Crippen MR) is 66.5 cm³/mol. The van der Waals surface area contributed by atoms with E-state index in [2.05, 4.69) is 71.8 Å². The first-order chi connectivity index (χ1) is 7.75. The van der Waals surface area contributed by atoms with Crippen LogP contribution in [-0.2, 0) is 6.42 Å². The molecule has 0 saturated carbocycles. The summed E-state index contributed by atoms with van der Waals surface area (Å²) in [4.78, 5) is 0. The van der Waals surface area contributed by atoms with E-state index in [1.165, 1.54) is 19.6 Å². The molecule has 0 saturated heterocycles. The summed E-state index contributed by atoms with van der Waals surface area (Å²) in [6.45, 7) is 0. The van der Waals surface area contributed by atoms with Crippen LogP contribution in [0.1, 0.15) is 11.1 Å². The summed E-state index contributed by atoms with van der Waals surface area (Å²) in [7, 11) is 0. The summed E-state index contributed by atoms with van der Waals surface area (Å²) in [6, 6.07) is 12.7. The fraction of sp³-hybridized carbons (Fsp3) is 0.0769. The third-order valence-corrected chi connectivity index (χ3v) is 3.17. The maximum absolute atomic E-state index is 6.04. The van der Waals surface area contributed by atoms with Gasteiger partial charge in [-0.2, -0.15) is 0 Å². The fourth-order valence-electron chi connectivity index (χ4n) is 2.30. The zero-order valence-electron chi connectivity index (χ0n) is 9.58. The van der Waals surface area contributed by atoms with E-state index in [1.54, 1.807) is 0 Å². The van der Waals surface area contributed by atoms with Crippen LogP contribution in [0, 0.1) is 0 Å². The Morgan fingerprint density at radius 2 is 1.31 bits per heavy atom. The number of rotatable bonds is 0. The van der Waals surface area contributed by atoms with Crippen molar-refractivity contribution in [3.05, 3.63) is 47.5 Å². The van der Waals surface area contributed by atoms with Gasteiger partial charge >= 0.3 is 114 Å². The Morgan fingerprint density at radius 3 is 1.81 bits per heavy atom. The average Bonchev–Trinajstić information content (AvgIpc) is 2.28. The van der Waals surface area contributed by atoms with Gasteiger partial charge in [-0.1, -0.05) is 0 Å². The van der Waals surface area contributed by atoms with Crippen molar-refractivity contribution in [3.8, 4) is 11.5 Å². The first-order valence-electron chi connectivity index (χ1n) is 5.60. The van der Waals surface area contributed by atoms with E-state index in [-0.39, 0.29) is 0 Å². The standard InChI is InChI=1S/C13H8O.2Li/c1-3-7-12-10(5-1)9-11-6-2-4-8-13(11)14-12;;/h1-6H,9H2;;. The van der Waals surface area contributed by atoms with Crippen molar-refractivity contribution in [2.45, 2.75) is 6.42 Å². The Kier molecular flexibility index (Phi) is 2.66. The number of fused-ring (bicyclic) bond motifs is 2. The first-order valence-corrected chi connectivity index (χ1v) is 5.60. The zero-order chi connectivity index (χ0) is 11.1. The van der Waals surface area contributed by atoms with Gasteiger partial charge in [-0.25, -0.2) is 0 Å². The van der Waals surface area contributed by atoms with E-state index < -0.39 is 0 Å². The minimum absolute atomic E-state index is 0.980. The van der Waals surface area contributed by atoms with Crippen molar-refractivity contribution in [1.82, 2.24) is 0 Å². The van der Waals surface area contributed by atoms with Crippen LogP contribution in [0.5, 0.6) is 11.5 Å². The van der Waals surface area contributed by atoms with Crippen molar-refractivity contribution < 1.29 is 4.74 Å². The molecule has 3 rings (SSSR count). The molecule has 3 heteroatoms. The van der Waals surface area contributed by atoms with E-state index in [4.69, 9.17) is 4.74 Å². The van der Waals surface area contributed by atoms with Crippen molar-refractivity contribution in [3.63, 3.8) is 0 Å². The number of benzene rings is 2. The normalized spacial score (nSPS) is 12.8. The van der Waals surface area contributed by atoms with Gasteiger partial charge in [0.15, 0.2) is 0 Å². The van der Waals surface area contributed by atoms with E-state index >= 15 is 0 Å². The summed E-state index contributed by atoms with van der Waals surface area (Å²) in [6.07, 6.45) is 0.980. The van der Waals surface area contributed by atoms with Crippen LogP contribution in [0.4, 0.5) is 0 Å².